The maximum absolute atomic E-state index is 13.0. The summed E-state index contributed by atoms with van der Waals surface area (Å²) in [6.45, 7) is 2.53. The lowest BCUT2D eigenvalue weighted by atomic mass is 10.3. The highest BCUT2D eigenvalue weighted by molar-refractivity contribution is 5.47. The van der Waals surface area contributed by atoms with Crippen LogP contribution in [0.1, 0.15) is 12.1 Å². The molecule has 0 amide bonds. The van der Waals surface area contributed by atoms with Crippen molar-refractivity contribution >= 4 is 11.5 Å². The van der Waals surface area contributed by atoms with E-state index in [1.807, 2.05) is 0 Å². The standard InChI is InChI=1S/C10H12FN3O2/c1-7-9(14(15)16)2-3-10(12-7)13-5-4-8(11)6-13/h2-3,8H,4-6H2,1H3. The van der Waals surface area contributed by atoms with Crippen LogP contribution in [-0.2, 0) is 0 Å². The molecule has 1 unspecified atom stereocenters. The fourth-order valence-corrected chi connectivity index (χ4v) is 1.84. The van der Waals surface area contributed by atoms with Crippen LogP contribution in [0.3, 0.4) is 0 Å². The van der Waals surface area contributed by atoms with Gasteiger partial charge in [0.15, 0.2) is 0 Å². The lowest BCUT2D eigenvalue weighted by Crippen LogP contribution is -2.21. The highest BCUT2D eigenvalue weighted by Crippen LogP contribution is 2.24. The van der Waals surface area contributed by atoms with Gasteiger partial charge >= 0.3 is 0 Å². The first-order valence-corrected chi connectivity index (χ1v) is 5.09. The number of hydrogen-bond donors (Lipinski definition) is 0. The van der Waals surface area contributed by atoms with Gasteiger partial charge in [0.1, 0.15) is 17.7 Å². The topological polar surface area (TPSA) is 59.3 Å². The molecule has 6 heteroatoms. The smallest absolute Gasteiger partial charge is 0.290 e. The molecule has 1 aromatic rings. The molecule has 0 radical (unpaired) electrons. The second-order valence-corrected chi connectivity index (χ2v) is 3.86. The molecule has 0 spiro atoms. The molecule has 0 bridgehead atoms. The number of nitro groups is 1. The predicted molar refractivity (Wildman–Crippen MR) is 57.4 cm³/mol. The van der Waals surface area contributed by atoms with Gasteiger partial charge in [-0.15, -0.1) is 0 Å². The Hall–Kier alpha value is -1.72. The van der Waals surface area contributed by atoms with Crippen LogP contribution in [-0.4, -0.2) is 29.2 Å². The van der Waals surface area contributed by atoms with E-state index in [4.69, 9.17) is 0 Å². The molecule has 0 N–H and O–H groups in total. The second-order valence-electron chi connectivity index (χ2n) is 3.86. The fourth-order valence-electron chi connectivity index (χ4n) is 1.84. The van der Waals surface area contributed by atoms with Crippen molar-refractivity contribution in [1.29, 1.82) is 0 Å². The van der Waals surface area contributed by atoms with Crippen molar-refractivity contribution in [1.82, 2.24) is 4.98 Å². The number of rotatable bonds is 2. The molecule has 16 heavy (non-hydrogen) atoms. The molecule has 1 aromatic heterocycles. The Morgan fingerprint density at radius 3 is 2.88 bits per heavy atom. The van der Waals surface area contributed by atoms with Crippen molar-refractivity contribution in [2.24, 2.45) is 0 Å². The first-order valence-electron chi connectivity index (χ1n) is 5.09. The first kappa shape index (κ1) is 10.8. The Bertz CT molecular complexity index is 425. The second kappa shape index (κ2) is 4.03. The summed E-state index contributed by atoms with van der Waals surface area (Å²) in [7, 11) is 0. The maximum atomic E-state index is 13.0. The fraction of sp³-hybridized carbons (Fsp3) is 0.500. The maximum Gasteiger partial charge on any atom is 0.290 e. The third-order valence-corrected chi connectivity index (χ3v) is 2.69. The molecule has 0 aliphatic carbocycles. The van der Waals surface area contributed by atoms with Crippen LogP contribution >= 0.6 is 0 Å². The summed E-state index contributed by atoms with van der Waals surface area (Å²) >= 11 is 0. The molecule has 2 rings (SSSR count). The van der Waals surface area contributed by atoms with Crippen molar-refractivity contribution in [3.8, 4) is 0 Å². The minimum absolute atomic E-state index is 0.000236. The highest BCUT2D eigenvalue weighted by Gasteiger charge is 2.24. The van der Waals surface area contributed by atoms with Crippen molar-refractivity contribution in [2.75, 3.05) is 18.0 Å². The highest BCUT2D eigenvalue weighted by atomic mass is 19.1. The van der Waals surface area contributed by atoms with Crippen LogP contribution in [0.15, 0.2) is 12.1 Å². The zero-order chi connectivity index (χ0) is 11.7. The summed E-state index contributed by atoms with van der Waals surface area (Å²) in [6.07, 6.45) is -0.324. The van der Waals surface area contributed by atoms with Gasteiger partial charge in [-0.05, 0) is 19.4 Å². The zero-order valence-electron chi connectivity index (χ0n) is 8.89. The number of hydrogen-bond acceptors (Lipinski definition) is 4. The van der Waals surface area contributed by atoms with Crippen LogP contribution in [0.5, 0.6) is 0 Å². The molecule has 86 valence electrons. The Kier molecular flexibility index (Phi) is 2.72. The molecule has 1 saturated heterocycles. The quantitative estimate of drug-likeness (QED) is 0.569. The van der Waals surface area contributed by atoms with Crippen molar-refractivity contribution in [3.63, 3.8) is 0 Å². The summed E-state index contributed by atoms with van der Waals surface area (Å²) in [5, 5.41) is 10.6. The molecule has 1 atom stereocenters. The van der Waals surface area contributed by atoms with Crippen LogP contribution in [0, 0.1) is 17.0 Å². The largest absolute Gasteiger partial charge is 0.354 e. The zero-order valence-corrected chi connectivity index (χ0v) is 8.89. The number of aryl methyl sites for hydroxylation is 1. The van der Waals surface area contributed by atoms with Gasteiger partial charge in [-0.25, -0.2) is 9.37 Å². The van der Waals surface area contributed by atoms with Crippen molar-refractivity contribution in [3.05, 3.63) is 27.9 Å². The van der Waals surface area contributed by atoms with E-state index in [9.17, 15) is 14.5 Å². The van der Waals surface area contributed by atoms with E-state index in [1.54, 1.807) is 17.9 Å². The predicted octanol–water partition coefficient (Wildman–Crippen LogP) is 1.85. The molecule has 0 saturated carbocycles. The monoisotopic (exact) mass is 225 g/mol. The van der Waals surface area contributed by atoms with E-state index in [-0.39, 0.29) is 5.69 Å². The third-order valence-electron chi connectivity index (χ3n) is 2.69. The molecule has 0 aromatic carbocycles. The molecule has 1 aliphatic rings. The number of alkyl halides is 1. The molecule has 1 fully saturated rings. The molecular formula is C10H12FN3O2. The third kappa shape index (κ3) is 1.95. The molecule has 2 heterocycles. The summed E-state index contributed by atoms with van der Waals surface area (Å²) in [5.41, 5.74) is 0.365. The summed E-state index contributed by atoms with van der Waals surface area (Å²) in [5.74, 6) is 0.614. The SMILES string of the molecule is Cc1nc(N2CCC(F)C2)ccc1[N+](=O)[O-]. The van der Waals surface area contributed by atoms with Gasteiger partial charge in [-0.2, -0.15) is 0 Å². The van der Waals surface area contributed by atoms with Gasteiger partial charge in [-0.3, -0.25) is 10.1 Å². The van der Waals surface area contributed by atoms with Crippen LogP contribution in [0.2, 0.25) is 0 Å². The summed E-state index contributed by atoms with van der Waals surface area (Å²) in [4.78, 5) is 16.1. The number of halogens is 1. The minimum Gasteiger partial charge on any atom is -0.354 e. The van der Waals surface area contributed by atoms with E-state index < -0.39 is 11.1 Å². The summed E-state index contributed by atoms with van der Waals surface area (Å²) < 4.78 is 13.0. The number of anilines is 1. The average molecular weight is 225 g/mol. The van der Waals surface area contributed by atoms with E-state index in [1.165, 1.54) is 6.07 Å². The molecular weight excluding hydrogens is 213 g/mol. The molecule has 1 aliphatic heterocycles. The van der Waals surface area contributed by atoms with E-state index in [0.29, 0.717) is 31.0 Å². The van der Waals surface area contributed by atoms with Gasteiger partial charge < -0.3 is 4.90 Å². The lowest BCUT2D eigenvalue weighted by Gasteiger charge is -2.16. The number of aromatic nitrogens is 1. The number of nitrogens with zero attached hydrogens (tertiary/aromatic N) is 3. The van der Waals surface area contributed by atoms with Crippen molar-refractivity contribution in [2.45, 2.75) is 19.5 Å². The van der Waals surface area contributed by atoms with Crippen LogP contribution < -0.4 is 4.90 Å². The lowest BCUT2D eigenvalue weighted by molar-refractivity contribution is -0.385. The van der Waals surface area contributed by atoms with E-state index in [0.717, 1.165) is 0 Å². The normalized spacial score (nSPS) is 20.1. The van der Waals surface area contributed by atoms with Gasteiger partial charge in [0.05, 0.1) is 11.5 Å². The van der Waals surface area contributed by atoms with Gasteiger partial charge in [0.25, 0.3) is 5.69 Å². The first-order chi connectivity index (χ1) is 7.58. The summed E-state index contributed by atoms with van der Waals surface area (Å²) in [6, 6.07) is 2.99. The van der Waals surface area contributed by atoms with Crippen LogP contribution in [0.25, 0.3) is 0 Å². The van der Waals surface area contributed by atoms with E-state index >= 15 is 0 Å². The van der Waals surface area contributed by atoms with Gasteiger partial charge in [0, 0.05) is 12.6 Å². The van der Waals surface area contributed by atoms with Gasteiger partial charge in [0.2, 0.25) is 0 Å². The van der Waals surface area contributed by atoms with Crippen molar-refractivity contribution < 1.29 is 9.31 Å². The van der Waals surface area contributed by atoms with Crippen LogP contribution in [0.4, 0.5) is 15.9 Å². The van der Waals surface area contributed by atoms with Gasteiger partial charge in [-0.1, -0.05) is 0 Å². The Balaban J connectivity index is 2.24. The Morgan fingerprint density at radius 2 is 2.38 bits per heavy atom. The number of pyridine rings is 1. The Labute approximate surface area is 92.0 Å². The van der Waals surface area contributed by atoms with E-state index in [2.05, 4.69) is 4.98 Å². The molecule has 5 nitrogen and oxygen atoms in total. The average Bonchev–Trinajstić information content (AvgIpc) is 2.64. The minimum atomic E-state index is -0.822. The Morgan fingerprint density at radius 1 is 1.62 bits per heavy atom.